The first kappa shape index (κ1) is 23.7. The molecule has 0 aliphatic carbocycles. The fraction of sp³-hybridized carbons (Fsp3) is 0.538. The van der Waals surface area contributed by atoms with Crippen molar-refractivity contribution in [1.29, 1.82) is 0 Å². The minimum atomic E-state index is -1.67. The number of hydrogen-bond acceptors (Lipinski definition) is 2. The molecule has 0 radical (unpaired) electrons. The summed E-state index contributed by atoms with van der Waals surface area (Å²) in [6.45, 7) is 19.7. The molecule has 0 saturated heterocycles. The lowest BCUT2D eigenvalue weighted by molar-refractivity contribution is 0.187. The highest BCUT2D eigenvalue weighted by atomic mass is 28.4. The lowest BCUT2D eigenvalue weighted by Gasteiger charge is -2.29. The summed E-state index contributed by atoms with van der Waals surface area (Å²) in [7, 11) is -1.67. The van der Waals surface area contributed by atoms with Crippen LogP contribution in [0.25, 0.3) is 0 Å². The van der Waals surface area contributed by atoms with Gasteiger partial charge in [-0.25, -0.2) is 0 Å². The van der Waals surface area contributed by atoms with Gasteiger partial charge in [0.1, 0.15) is 5.75 Å². The Morgan fingerprint density at radius 3 is 1.76 bits per heavy atom. The normalized spacial score (nSPS) is 14.1. The molecule has 0 aromatic heterocycles. The molecule has 0 fully saturated rings. The maximum Gasteiger partial charge on any atom is 0.184 e. The number of aryl methyl sites for hydroxylation is 1. The predicted octanol–water partition coefficient (Wildman–Crippen LogP) is 7.51. The van der Waals surface area contributed by atoms with Crippen LogP contribution >= 0.6 is 0 Å². The second-order valence-electron chi connectivity index (χ2n) is 11.2. The second kappa shape index (κ2) is 8.65. The van der Waals surface area contributed by atoms with Gasteiger partial charge in [-0.3, -0.25) is 0 Å². The molecule has 29 heavy (non-hydrogen) atoms. The van der Waals surface area contributed by atoms with E-state index in [0.717, 1.165) is 24.0 Å². The number of benzene rings is 2. The molecular weight excluding hydrogens is 372 g/mol. The molecule has 0 spiro atoms. The zero-order valence-corrected chi connectivity index (χ0v) is 20.9. The summed E-state index contributed by atoms with van der Waals surface area (Å²) in [6, 6.07) is 15.0. The molecule has 0 bridgehead atoms. The monoisotopic (exact) mass is 412 g/mol. The lowest BCUT2D eigenvalue weighted by Crippen LogP contribution is -2.28. The quantitative estimate of drug-likeness (QED) is 0.497. The van der Waals surface area contributed by atoms with Crippen LogP contribution in [0.3, 0.4) is 0 Å². The van der Waals surface area contributed by atoms with Crippen molar-refractivity contribution in [2.45, 2.75) is 91.0 Å². The fourth-order valence-corrected chi connectivity index (χ4v) is 4.78. The van der Waals surface area contributed by atoms with Crippen LogP contribution in [-0.2, 0) is 21.7 Å². The third-order valence-corrected chi connectivity index (χ3v) is 6.14. The first-order chi connectivity index (χ1) is 13.2. The van der Waals surface area contributed by atoms with Crippen molar-refractivity contribution in [1.82, 2.24) is 0 Å². The van der Waals surface area contributed by atoms with Crippen LogP contribution < -0.4 is 0 Å². The second-order valence-corrected chi connectivity index (χ2v) is 15.7. The maximum absolute atomic E-state index is 11.0. The first-order valence-corrected chi connectivity index (χ1v) is 14.2. The van der Waals surface area contributed by atoms with Crippen LogP contribution in [0.2, 0.25) is 19.6 Å². The molecule has 1 unspecified atom stereocenters. The highest BCUT2D eigenvalue weighted by Gasteiger charge is 2.27. The highest BCUT2D eigenvalue weighted by Crippen LogP contribution is 2.40. The Morgan fingerprint density at radius 1 is 0.862 bits per heavy atom. The molecule has 0 saturated carbocycles. The van der Waals surface area contributed by atoms with Gasteiger partial charge in [0.05, 0.1) is 6.10 Å². The van der Waals surface area contributed by atoms with Gasteiger partial charge in [-0.05, 0) is 65.6 Å². The number of phenols is 1. The van der Waals surface area contributed by atoms with Gasteiger partial charge >= 0.3 is 0 Å². The van der Waals surface area contributed by atoms with Crippen molar-refractivity contribution in [3.63, 3.8) is 0 Å². The molecule has 0 heterocycles. The average molecular weight is 413 g/mol. The third kappa shape index (κ3) is 6.72. The average Bonchev–Trinajstić information content (AvgIpc) is 2.57. The van der Waals surface area contributed by atoms with E-state index >= 15 is 0 Å². The van der Waals surface area contributed by atoms with E-state index < -0.39 is 8.32 Å². The molecule has 2 rings (SSSR count). The van der Waals surface area contributed by atoms with Gasteiger partial charge in [0.2, 0.25) is 0 Å². The van der Waals surface area contributed by atoms with Gasteiger partial charge in [-0.2, -0.15) is 0 Å². The SMILES string of the molecule is CC(C)(C)c1cc(CCC(O[Si](C)(C)C)c2ccccc2)cc(C(C)(C)C)c1O. The van der Waals surface area contributed by atoms with E-state index in [4.69, 9.17) is 4.43 Å². The predicted molar refractivity (Wildman–Crippen MR) is 127 cm³/mol. The molecule has 0 amide bonds. The van der Waals surface area contributed by atoms with E-state index in [1.165, 1.54) is 11.1 Å². The van der Waals surface area contributed by atoms with Crippen molar-refractivity contribution < 1.29 is 9.53 Å². The molecule has 0 aliphatic heterocycles. The number of phenolic OH excluding ortho intramolecular Hbond substituents is 1. The van der Waals surface area contributed by atoms with E-state index in [9.17, 15) is 5.11 Å². The van der Waals surface area contributed by atoms with Crippen molar-refractivity contribution in [3.8, 4) is 5.75 Å². The van der Waals surface area contributed by atoms with Gasteiger partial charge in [0.15, 0.2) is 8.32 Å². The van der Waals surface area contributed by atoms with Gasteiger partial charge in [-0.15, -0.1) is 0 Å². The lowest BCUT2D eigenvalue weighted by atomic mass is 9.78. The summed E-state index contributed by atoms with van der Waals surface area (Å²) < 4.78 is 6.55. The zero-order valence-electron chi connectivity index (χ0n) is 19.9. The van der Waals surface area contributed by atoms with E-state index in [1.54, 1.807) is 0 Å². The van der Waals surface area contributed by atoms with Crippen LogP contribution in [0.1, 0.15) is 76.3 Å². The van der Waals surface area contributed by atoms with Crippen LogP contribution in [0.15, 0.2) is 42.5 Å². The van der Waals surface area contributed by atoms with Crippen molar-refractivity contribution in [2.24, 2.45) is 0 Å². The smallest absolute Gasteiger partial charge is 0.184 e. The number of hydrogen-bond donors (Lipinski definition) is 1. The van der Waals surface area contributed by atoms with Crippen molar-refractivity contribution in [2.75, 3.05) is 0 Å². The van der Waals surface area contributed by atoms with Gasteiger partial charge in [0.25, 0.3) is 0 Å². The zero-order chi connectivity index (χ0) is 22.0. The molecule has 3 heteroatoms. The standard InChI is InChI=1S/C26H40O2Si/c1-25(2,3)21-17-19(18-22(24(21)27)26(4,5)6)15-16-23(28-29(7,8)9)20-13-11-10-12-14-20/h10-14,17-18,23,27H,15-16H2,1-9H3. The summed E-state index contributed by atoms with van der Waals surface area (Å²) in [5.74, 6) is 0.451. The summed E-state index contributed by atoms with van der Waals surface area (Å²) in [6.07, 6.45) is 1.97. The molecule has 2 aromatic carbocycles. The van der Waals surface area contributed by atoms with Crippen LogP contribution in [0, 0.1) is 0 Å². The first-order valence-electron chi connectivity index (χ1n) is 10.8. The minimum absolute atomic E-state index is 0.103. The Hall–Kier alpha value is -1.58. The summed E-state index contributed by atoms with van der Waals surface area (Å²) >= 11 is 0. The summed E-state index contributed by atoms with van der Waals surface area (Å²) in [5, 5.41) is 11.0. The number of aromatic hydroxyl groups is 1. The van der Waals surface area contributed by atoms with Gasteiger partial charge < -0.3 is 9.53 Å². The van der Waals surface area contributed by atoms with E-state index in [-0.39, 0.29) is 16.9 Å². The summed E-state index contributed by atoms with van der Waals surface area (Å²) in [4.78, 5) is 0. The summed E-state index contributed by atoms with van der Waals surface area (Å²) in [5.41, 5.74) is 4.38. The molecule has 2 nitrogen and oxygen atoms in total. The fourth-order valence-electron chi connectivity index (χ4n) is 3.67. The van der Waals surface area contributed by atoms with E-state index in [2.05, 4.69) is 104 Å². The van der Waals surface area contributed by atoms with Gasteiger partial charge in [0, 0.05) is 0 Å². The number of rotatable bonds is 6. The molecule has 0 aliphatic rings. The van der Waals surface area contributed by atoms with Gasteiger partial charge in [-0.1, -0.05) is 84.0 Å². The van der Waals surface area contributed by atoms with Crippen molar-refractivity contribution >= 4 is 8.32 Å². The third-order valence-electron chi connectivity index (χ3n) is 5.15. The van der Waals surface area contributed by atoms with Crippen LogP contribution in [0.4, 0.5) is 0 Å². The highest BCUT2D eigenvalue weighted by molar-refractivity contribution is 6.69. The Labute approximate surface area is 179 Å². The van der Waals surface area contributed by atoms with E-state index in [0.29, 0.717) is 5.75 Å². The van der Waals surface area contributed by atoms with Crippen LogP contribution in [-0.4, -0.2) is 13.4 Å². The largest absolute Gasteiger partial charge is 0.507 e. The molecule has 160 valence electrons. The van der Waals surface area contributed by atoms with Crippen LogP contribution in [0.5, 0.6) is 5.75 Å². The molecule has 1 atom stereocenters. The molecule has 2 aromatic rings. The Kier molecular flexibility index (Phi) is 7.07. The maximum atomic E-state index is 11.0. The van der Waals surface area contributed by atoms with Crippen molar-refractivity contribution in [3.05, 3.63) is 64.7 Å². The Bertz CT molecular complexity index is 770. The topological polar surface area (TPSA) is 29.5 Å². The van der Waals surface area contributed by atoms with E-state index in [1.807, 2.05) is 0 Å². The molecule has 1 N–H and O–H groups in total. The Balaban J connectivity index is 2.38. The Morgan fingerprint density at radius 2 is 1.34 bits per heavy atom. The minimum Gasteiger partial charge on any atom is -0.507 e. The molecular formula is C26H40O2Si.